The Kier molecular flexibility index (Phi) is 5.20. The number of thioether (sulfide) groups is 1. The molecular formula is C20H17ClN2O3S. The summed E-state index contributed by atoms with van der Waals surface area (Å²) >= 11 is 7.28. The predicted octanol–water partition coefficient (Wildman–Crippen LogP) is 3.55. The topological polar surface area (TPSA) is 49.9 Å². The van der Waals surface area contributed by atoms with Crippen LogP contribution in [0.5, 0.6) is 0 Å². The zero-order valence-corrected chi connectivity index (χ0v) is 16.0. The van der Waals surface area contributed by atoms with Gasteiger partial charge >= 0.3 is 0 Å². The number of hydrogen-bond acceptors (Lipinski definition) is 5. The van der Waals surface area contributed by atoms with Crippen molar-refractivity contribution in [1.29, 1.82) is 0 Å². The number of ether oxygens (including phenoxy) is 1. The van der Waals surface area contributed by atoms with Crippen molar-refractivity contribution in [2.45, 2.75) is 4.90 Å². The van der Waals surface area contributed by atoms with Crippen LogP contribution in [0.15, 0.2) is 70.1 Å². The second kappa shape index (κ2) is 7.76. The summed E-state index contributed by atoms with van der Waals surface area (Å²) < 4.78 is 5.40. The van der Waals surface area contributed by atoms with Crippen LogP contribution in [0, 0.1) is 0 Å². The van der Waals surface area contributed by atoms with E-state index in [-0.39, 0.29) is 11.8 Å². The smallest absolute Gasteiger partial charge is 0.283 e. The largest absolute Gasteiger partial charge is 0.378 e. The monoisotopic (exact) mass is 400 g/mol. The summed E-state index contributed by atoms with van der Waals surface area (Å²) in [4.78, 5) is 31.0. The van der Waals surface area contributed by atoms with Gasteiger partial charge in [-0.05, 0) is 36.4 Å². The molecule has 0 saturated carbocycles. The number of hydrogen-bond donors (Lipinski definition) is 0. The summed E-state index contributed by atoms with van der Waals surface area (Å²) in [6.07, 6.45) is 0. The van der Waals surface area contributed by atoms with Crippen LogP contribution in [0.2, 0.25) is 5.02 Å². The number of benzene rings is 2. The highest BCUT2D eigenvalue weighted by Gasteiger charge is 2.42. The van der Waals surface area contributed by atoms with E-state index in [1.807, 2.05) is 35.2 Å². The van der Waals surface area contributed by atoms with Crippen molar-refractivity contribution in [2.75, 3.05) is 31.2 Å². The van der Waals surface area contributed by atoms with Crippen molar-refractivity contribution in [3.8, 4) is 0 Å². The molecule has 1 fully saturated rings. The lowest BCUT2D eigenvalue weighted by Crippen LogP contribution is -2.40. The van der Waals surface area contributed by atoms with Crippen LogP contribution in [0.1, 0.15) is 0 Å². The molecule has 2 aliphatic heterocycles. The molecule has 0 radical (unpaired) electrons. The maximum Gasteiger partial charge on any atom is 0.283 e. The molecular weight excluding hydrogens is 384 g/mol. The first-order chi connectivity index (χ1) is 13.1. The quantitative estimate of drug-likeness (QED) is 0.734. The predicted molar refractivity (Wildman–Crippen MR) is 106 cm³/mol. The van der Waals surface area contributed by atoms with Crippen molar-refractivity contribution in [3.63, 3.8) is 0 Å². The zero-order chi connectivity index (χ0) is 18.8. The van der Waals surface area contributed by atoms with Crippen molar-refractivity contribution in [3.05, 3.63) is 70.2 Å². The Labute approximate surface area is 166 Å². The summed E-state index contributed by atoms with van der Waals surface area (Å²) in [6.45, 7) is 2.24. The molecule has 0 atom stereocenters. The molecule has 0 spiro atoms. The Morgan fingerprint density at radius 2 is 1.56 bits per heavy atom. The lowest BCUT2D eigenvalue weighted by atomic mass is 10.3. The van der Waals surface area contributed by atoms with Crippen LogP contribution in [-0.2, 0) is 14.3 Å². The zero-order valence-electron chi connectivity index (χ0n) is 14.4. The summed E-state index contributed by atoms with van der Waals surface area (Å²) in [5.74, 6) is -0.611. The average molecular weight is 401 g/mol. The van der Waals surface area contributed by atoms with Gasteiger partial charge in [-0.1, -0.05) is 41.6 Å². The third-order valence-corrected chi connectivity index (χ3v) is 5.73. The van der Waals surface area contributed by atoms with Gasteiger partial charge in [0.1, 0.15) is 10.6 Å². The highest BCUT2D eigenvalue weighted by atomic mass is 35.5. The van der Waals surface area contributed by atoms with Gasteiger partial charge in [-0.25, -0.2) is 4.90 Å². The molecule has 0 bridgehead atoms. The average Bonchev–Trinajstić information content (AvgIpc) is 2.94. The van der Waals surface area contributed by atoms with Crippen LogP contribution in [-0.4, -0.2) is 43.0 Å². The molecule has 1 saturated heterocycles. The van der Waals surface area contributed by atoms with Gasteiger partial charge in [-0.15, -0.1) is 0 Å². The summed E-state index contributed by atoms with van der Waals surface area (Å²) in [7, 11) is 0. The molecule has 2 aliphatic rings. The van der Waals surface area contributed by atoms with Crippen LogP contribution in [0.25, 0.3) is 0 Å². The minimum absolute atomic E-state index is 0.303. The fourth-order valence-electron chi connectivity index (χ4n) is 3.09. The molecule has 138 valence electrons. The normalized spacial score (nSPS) is 17.8. The molecule has 0 unspecified atom stereocenters. The van der Waals surface area contributed by atoms with E-state index in [1.165, 1.54) is 16.7 Å². The third kappa shape index (κ3) is 3.60. The molecule has 0 aromatic heterocycles. The number of amides is 2. The van der Waals surface area contributed by atoms with Gasteiger partial charge in [0.15, 0.2) is 0 Å². The molecule has 2 heterocycles. The minimum Gasteiger partial charge on any atom is -0.378 e. The molecule has 0 N–H and O–H groups in total. The molecule has 2 amide bonds. The first kappa shape index (κ1) is 18.1. The van der Waals surface area contributed by atoms with Crippen LogP contribution < -0.4 is 4.90 Å². The second-order valence-electron chi connectivity index (χ2n) is 6.11. The summed E-state index contributed by atoms with van der Waals surface area (Å²) in [6, 6.07) is 16.3. The van der Waals surface area contributed by atoms with Crippen LogP contribution in [0.3, 0.4) is 0 Å². The van der Waals surface area contributed by atoms with E-state index in [9.17, 15) is 9.59 Å². The number of carbonyl (C=O) groups excluding carboxylic acids is 2. The van der Waals surface area contributed by atoms with Gasteiger partial charge in [0.05, 0.1) is 18.9 Å². The van der Waals surface area contributed by atoms with Gasteiger partial charge in [0.2, 0.25) is 0 Å². The maximum absolute atomic E-state index is 13.2. The maximum atomic E-state index is 13.2. The summed E-state index contributed by atoms with van der Waals surface area (Å²) in [5.41, 5.74) is 0.968. The molecule has 2 aromatic carbocycles. The Balaban J connectivity index is 1.73. The van der Waals surface area contributed by atoms with Crippen LogP contribution >= 0.6 is 23.4 Å². The van der Waals surface area contributed by atoms with Gasteiger partial charge in [0.25, 0.3) is 11.8 Å². The Morgan fingerprint density at radius 3 is 2.22 bits per heavy atom. The van der Waals surface area contributed by atoms with E-state index < -0.39 is 0 Å². The van der Waals surface area contributed by atoms with Gasteiger partial charge in [-0.3, -0.25) is 9.59 Å². The van der Waals surface area contributed by atoms with E-state index in [2.05, 4.69) is 0 Å². The third-order valence-electron chi connectivity index (χ3n) is 4.39. The van der Waals surface area contributed by atoms with E-state index in [1.54, 1.807) is 24.3 Å². The lowest BCUT2D eigenvalue weighted by molar-refractivity contribution is -0.121. The highest BCUT2D eigenvalue weighted by molar-refractivity contribution is 8.04. The standard InChI is InChI=1S/C20H17ClN2O3S/c21-14-6-8-15(9-7-14)23-19(24)17(22-10-12-26-13-11-22)18(20(23)25)27-16-4-2-1-3-5-16/h1-9H,10-13H2. The Hall–Kier alpha value is -2.28. The van der Waals surface area contributed by atoms with Crippen molar-refractivity contribution < 1.29 is 14.3 Å². The fraction of sp³-hybridized carbons (Fsp3) is 0.200. The van der Waals surface area contributed by atoms with Crippen LogP contribution in [0.4, 0.5) is 5.69 Å². The first-order valence-corrected chi connectivity index (χ1v) is 9.79. The van der Waals surface area contributed by atoms with Gasteiger partial charge in [0, 0.05) is 23.0 Å². The number of nitrogens with zero attached hydrogens (tertiary/aromatic N) is 2. The number of halogens is 1. The number of rotatable bonds is 4. The number of imide groups is 1. The van der Waals surface area contributed by atoms with Gasteiger partial charge in [-0.2, -0.15) is 0 Å². The van der Waals surface area contributed by atoms with Crippen molar-refractivity contribution in [1.82, 2.24) is 4.90 Å². The Bertz CT molecular complexity index is 893. The number of morpholine rings is 1. The fourth-order valence-corrected chi connectivity index (χ4v) is 4.23. The van der Waals surface area contributed by atoms with E-state index in [0.29, 0.717) is 47.6 Å². The van der Waals surface area contributed by atoms with Crippen molar-refractivity contribution >= 4 is 40.9 Å². The van der Waals surface area contributed by atoms with E-state index in [4.69, 9.17) is 16.3 Å². The SMILES string of the molecule is O=C1C(Sc2ccccc2)=C(N2CCOCC2)C(=O)N1c1ccc(Cl)cc1. The minimum atomic E-state index is -0.308. The highest BCUT2D eigenvalue weighted by Crippen LogP contribution is 2.39. The second-order valence-corrected chi connectivity index (χ2v) is 7.63. The molecule has 0 aliphatic carbocycles. The molecule has 27 heavy (non-hydrogen) atoms. The number of anilines is 1. The first-order valence-electron chi connectivity index (χ1n) is 8.59. The van der Waals surface area contributed by atoms with E-state index >= 15 is 0 Å². The molecule has 4 rings (SSSR count). The Morgan fingerprint density at radius 1 is 0.889 bits per heavy atom. The molecule has 2 aromatic rings. The summed E-state index contributed by atoms with van der Waals surface area (Å²) in [5, 5.41) is 0.554. The molecule has 7 heteroatoms. The van der Waals surface area contributed by atoms with Crippen molar-refractivity contribution in [2.24, 2.45) is 0 Å². The van der Waals surface area contributed by atoms with E-state index in [0.717, 1.165) is 4.90 Å². The van der Waals surface area contributed by atoms with Gasteiger partial charge < -0.3 is 9.64 Å². The molecule has 5 nitrogen and oxygen atoms in total. The number of carbonyl (C=O) groups is 2. The lowest BCUT2D eigenvalue weighted by Gasteiger charge is -2.29.